The van der Waals surface area contributed by atoms with Crippen molar-refractivity contribution in [3.05, 3.63) is 78.1 Å². The number of carbonyl (C=O) groups excluding carboxylic acids is 1. The minimum absolute atomic E-state index is 0.0460. The highest BCUT2D eigenvalue weighted by Gasteiger charge is 2.02. The van der Waals surface area contributed by atoms with Gasteiger partial charge in [0.15, 0.2) is 0 Å². The number of aromatic nitrogens is 1. The molecule has 0 aliphatic carbocycles. The van der Waals surface area contributed by atoms with Crippen molar-refractivity contribution in [3.63, 3.8) is 0 Å². The molecule has 1 N–H and O–H groups in total. The Balaban J connectivity index is 1.80. The Morgan fingerprint density at radius 1 is 1.10 bits per heavy atom. The minimum atomic E-state index is -0.0460. The summed E-state index contributed by atoms with van der Waals surface area (Å²) in [6, 6.07) is 12.1. The topological polar surface area (TPSA) is 51.2 Å². The fourth-order valence-corrected chi connectivity index (χ4v) is 3.22. The number of amides is 1. The lowest BCUT2D eigenvalue weighted by Crippen LogP contribution is -2.22. The fraction of sp³-hybridized carbons (Fsp3) is 0.385. The Bertz CT molecular complexity index is 796. The van der Waals surface area contributed by atoms with Crippen LogP contribution in [-0.2, 0) is 11.2 Å². The minimum Gasteiger partial charge on any atom is -0.497 e. The first-order valence-corrected chi connectivity index (χ1v) is 10.9. The molecule has 0 saturated carbocycles. The molecule has 0 spiro atoms. The zero-order chi connectivity index (χ0) is 21.4. The van der Waals surface area contributed by atoms with Crippen molar-refractivity contribution in [2.45, 2.75) is 51.9 Å². The van der Waals surface area contributed by atoms with Crippen LogP contribution in [0.1, 0.15) is 56.6 Å². The predicted molar refractivity (Wildman–Crippen MR) is 124 cm³/mol. The number of benzene rings is 1. The Kier molecular flexibility index (Phi) is 11.0. The molecule has 30 heavy (non-hydrogen) atoms. The van der Waals surface area contributed by atoms with Crippen LogP contribution in [0.2, 0.25) is 0 Å². The average molecular weight is 407 g/mol. The maximum atomic E-state index is 12.1. The zero-order valence-corrected chi connectivity index (χ0v) is 18.3. The van der Waals surface area contributed by atoms with Crippen molar-refractivity contribution < 1.29 is 9.53 Å². The first-order valence-electron chi connectivity index (χ1n) is 10.9. The lowest BCUT2D eigenvalue weighted by atomic mass is 9.99. The second-order valence-electron chi connectivity index (χ2n) is 7.35. The standard InChI is InChI=1S/C26H34N2O2/c1-3-4-5-12-23(24-15-17-25(30-2)18-16-24)13-8-14-26(29)28-20-7-6-10-22-11-9-19-27-21-22/h8-9,11,13-19,21H,3-7,10,12,20H2,1-2H3,(H,28,29)/b14-8+,23-13-. The summed E-state index contributed by atoms with van der Waals surface area (Å²) >= 11 is 0. The molecule has 0 atom stereocenters. The van der Waals surface area contributed by atoms with Gasteiger partial charge < -0.3 is 10.1 Å². The molecule has 1 aromatic carbocycles. The normalized spacial score (nSPS) is 11.6. The van der Waals surface area contributed by atoms with E-state index in [9.17, 15) is 4.79 Å². The summed E-state index contributed by atoms with van der Waals surface area (Å²) in [5.74, 6) is 0.806. The number of nitrogens with one attached hydrogen (secondary N) is 1. The third kappa shape index (κ3) is 9.08. The highest BCUT2D eigenvalue weighted by Crippen LogP contribution is 2.23. The van der Waals surface area contributed by atoms with Crippen molar-refractivity contribution in [2.24, 2.45) is 0 Å². The molecular weight excluding hydrogens is 372 g/mol. The SMILES string of the molecule is CCCCC/C(=C/C=C/C(=O)NCCCCc1cccnc1)c1ccc(OC)cc1. The molecule has 0 unspecified atom stereocenters. The lowest BCUT2D eigenvalue weighted by molar-refractivity contribution is -0.116. The van der Waals surface area contributed by atoms with Crippen LogP contribution in [0.25, 0.3) is 5.57 Å². The number of hydrogen-bond acceptors (Lipinski definition) is 3. The summed E-state index contributed by atoms with van der Waals surface area (Å²) in [6.45, 7) is 2.90. The van der Waals surface area contributed by atoms with E-state index in [1.807, 2.05) is 30.5 Å². The molecule has 4 nitrogen and oxygen atoms in total. The van der Waals surface area contributed by atoms with Crippen molar-refractivity contribution in [1.82, 2.24) is 10.3 Å². The number of aryl methyl sites for hydroxylation is 1. The van der Waals surface area contributed by atoms with E-state index < -0.39 is 0 Å². The lowest BCUT2D eigenvalue weighted by Gasteiger charge is -2.08. The van der Waals surface area contributed by atoms with Gasteiger partial charge in [0.1, 0.15) is 5.75 Å². The molecule has 2 rings (SSSR count). The maximum Gasteiger partial charge on any atom is 0.243 e. The number of hydrogen-bond donors (Lipinski definition) is 1. The van der Waals surface area contributed by atoms with Gasteiger partial charge in [-0.1, -0.05) is 50.1 Å². The van der Waals surface area contributed by atoms with Gasteiger partial charge in [-0.25, -0.2) is 0 Å². The highest BCUT2D eigenvalue weighted by molar-refractivity contribution is 5.88. The quantitative estimate of drug-likeness (QED) is 0.262. The number of unbranched alkanes of at least 4 members (excludes halogenated alkanes) is 3. The number of methoxy groups -OCH3 is 1. The third-order valence-corrected chi connectivity index (χ3v) is 4.97. The number of allylic oxidation sites excluding steroid dienone is 3. The Morgan fingerprint density at radius 3 is 2.63 bits per heavy atom. The van der Waals surface area contributed by atoms with Crippen LogP contribution in [-0.4, -0.2) is 24.5 Å². The van der Waals surface area contributed by atoms with Gasteiger partial charge in [0.05, 0.1) is 7.11 Å². The third-order valence-electron chi connectivity index (χ3n) is 4.97. The molecular formula is C26H34N2O2. The van der Waals surface area contributed by atoms with Gasteiger partial charge in [-0.05, 0) is 67.0 Å². The Labute approximate surface area is 181 Å². The van der Waals surface area contributed by atoms with Gasteiger partial charge in [0.25, 0.3) is 0 Å². The van der Waals surface area contributed by atoms with E-state index in [4.69, 9.17) is 4.74 Å². The molecule has 1 amide bonds. The van der Waals surface area contributed by atoms with E-state index in [1.54, 1.807) is 19.4 Å². The molecule has 160 valence electrons. The van der Waals surface area contributed by atoms with E-state index in [-0.39, 0.29) is 5.91 Å². The van der Waals surface area contributed by atoms with E-state index in [2.05, 4.69) is 41.5 Å². The number of ether oxygens (including phenoxy) is 1. The van der Waals surface area contributed by atoms with Gasteiger partial charge in [-0.15, -0.1) is 0 Å². The average Bonchev–Trinajstić information content (AvgIpc) is 2.79. The fourth-order valence-electron chi connectivity index (χ4n) is 3.22. The summed E-state index contributed by atoms with van der Waals surface area (Å²) in [6.07, 6.45) is 16.7. The van der Waals surface area contributed by atoms with Gasteiger partial charge in [0.2, 0.25) is 5.91 Å². The van der Waals surface area contributed by atoms with Crippen LogP contribution in [0.15, 0.2) is 67.0 Å². The van der Waals surface area contributed by atoms with Crippen LogP contribution >= 0.6 is 0 Å². The maximum absolute atomic E-state index is 12.1. The molecule has 0 aliphatic rings. The summed E-state index contributed by atoms with van der Waals surface area (Å²) in [7, 11) is 1.67. The molecule has 0 radical (unpaired) electrons. The van der Waals surface area contributed by atoms with Crippen LogP contribution in [0.4, 0.5) is 0 Å². The summed E-state index contributed by atoms with van der Waals surface area (Å²) in [5.41, 5.74) is 3.65. The molecule has 1 heterocycles. The number of rotatable bonds is 13. The zero-order valence-electron chi connectivity index (χ0n) is 18.3. The van der Waals surface area contributed by atoms with E-state index in [1.165, 1.54) is 29.5 Å². The van der Waals surface area contributed by atoms with E-state index in [0.29, 0.717) is 6.54 Å². The smallest absolute Gasteiger partial charge is 0.243 e. The Morgan fingerprint density at radius 2 is 1.93 bits per heavy atom. The van der Waals surface area contributed by atoms with Crippen LogP contribution in [0.5, 0.6) is 5.75 Å². The van der Waals surface area contributed by atoms with E-state index >= 15 is 0 Å². The monoisotopic (exact) mass is 406 g/mol. The van der Waals surface area contributed by atoms with Gasteiger partial charge >= 0.3 is 0 Å². The molecule has 0 saturated heterocycles. The van der Waals surface area contributed by atoms with Gasteiger partial charge in [-0.2, -0.15) is 0 Å². The second-order valence-corrected chi connectivity index (χ2v) is 7.35. The molecule has 1 aromatic heterocycles. The molecule has 0 fully saturated rings. The van der Waals surface area contributed by atoms with Gasteiger partial charge in [0, 0.05) is 25.0 Å². The summed E-state index contributed by atoms with van der Waals surface area (Å²) < 4.78 is 5.25. The molecule has 0 bridgehead atoms. The second kappa shape index (κ2) is 14.2. The van der Waals surface area contributed by atoms with Crippen LogP contribution in [0, 0.1) is 0 Å². The van der Waals surface area contributed by atoms with Crippen molar-refractivity contribution in [3.8, 4) is 5.75 Å². The van der Waals surface area contributed by atoms with Crippen molar-refractivity contribution in [1.29, 1.82) is 0 Å². The van der Waals surface area contributed by atoms with Crippen molar-refractivity contribution in [2.75, 3.05) is 13.7 Å². The van der Waals surface area contributed by atoms with Crippen LogP contribution < -0.4 is 10.1 Å². The summed E-state index contributed by atoms with van der Waals surface area (Å²) in [5, 5.41) is 2.96. The van der Waals surface area contributed by atoms with Gasteiger partial charge in [-0.3, -0.25) is 9.78 Å². The highest BCUT2D eigenvalue weighted by atomic mass is 16.5. The van der Waals surface area contributed by atoms with Crippen molar-refractivity contribution >= 4 is 11.5 Å². The predicted octanol–water partition coefficient (Wildman–Crippen LogP) is 5.75. The first-order chi connectivity index (χ1) is 14.7. The van der Waals surface area contributed by atoms with E-state index in [0.717, 1.165) is 37.9 Å². The number of carbonyl (C=O) groups is 1. The largest absolute Gasteiger partial charge is 0.497 e. The number of nitrogens with zero attached hydrogens (tertiary/aromatic N) is 1. The molecule has 4 heteroatoms. The summed E-state index contributed by atoms with van der Waals surface area (Å²) in [4.78, 5) is 16.2. The molecule has 0 aliphatic heterocycles. The first kappa shape index (κ1) is 23.4. The number of pyridine rings is 1. The van der Waals surface area contributed by atoms with Crippen LogP contribution in [0.3, 0.4) is 0 Å². The Hall–Kier alpha value is -2.88. The molecule has 2 aromatic rings.